The molecule has 0 bridgehead atoms. The predicted octanol–water partition coefficient (Wildman–Crippen LogP) is 3.71. The summed E-state index contributed by atoms with van der Waals surface area (Å²) < 4.78 is -0.334. The highest BCUT2D eigenvalue weighted by Gasteiger charge is 2.34. The lowest BCUT2D eigenvalue weighted by Crippen LogP contribution is -2.33. The lowest BCUT2D eigenvalue weighted by Gasteiger charge is -2.34. The Kier molecular flexibility index (Phi) is 3.55. The molecule has 1 aliphatic carbocycles. The van der Waals surface area contributed by atoms with Crippen molar-refractivity contribution in [3.8, 4) is 0 Å². The van der Waals surface area contributed by atoms with Gasteiger partial charge < -0.3 is 5.11 Å². The fourth-order valence-electron chi connectivity index (χ4n) is 2.27. The second-order valence-corrected chi connectivity index (χ2v) is 6.08. The van der Waals surface area contributed by atoms with E-state index in [0.717, 1.165) is 0 Å². The number of aryl methyl sites for hydroxylation is 1. The van der Waals surface area contributed by atoms with Gasteiger partial charge in [-0.15, -0.1) is 0 Å². The van der Waals surface area contributed by atoms with Crippen molar-refractivity contribution in [3.05, 3.63) is 53.6 Å². The van der Waals surface area contributed by atoms with E-state index in [1.165, 1.54) is 16.7 Å². The molecule has 2 heteroatoms. The van der Waals surface area contributed by atoms with Crippen LogP contribution in [-0.2, 0) is 0 Å². The molecule has 0 heterocycles. The van der Waals surface area contributed by atoms with Crippen LogP contribution in [0.4, 0.5) is 0 Å². The van der Waals surface area contributed by atoms with E-state index < -0.39 is 0 Å². The van der Waals surface area contributed by atoms with Gasteiger partial charge in [0, 0.05) is 5.92 Å². The molecule has 2 atom stereocenters. The molecule has 0 fully saturated rings. The van der Waals surface area contributed by atoms with E-state index in [1.807, 2.05) is 12.2 Å². The third-order valence-electron chi connectivity index (χ3n) is 3.53. The fraction of sp³-hybridized carbons (Fsp3) is 0.333. The van der Waals surface area contributed by atoms with Gasteiger partial charge in [-0.25, -0.2) is 0 Å². The van der Waals surface area contributed by atoms with Gasteiger partial charge in [-0.3, -0.25) is 0 Å². The molecule has 0 spiro atoms. The maximum atomic E-state index is 9.53. The van der Waals surface area contributed by atoms with Gasteiger partial charge in [0.05, 0.1) is 10.9 Å². The second kappa shape index (κ2) is 4.79. The molecule has 1 aromatic carbocycles. The zero-order valence-corrected chi connectivity index (χ0v) is 11.7. The number of alkyl halides is 1. The minimum Gasteiger partial charge on any atom is -0.395 e. The van der Waals surface area contributed by atoms with E-state index in [1.54, 1.807) is 0 Å². The number of rotatable bonds is 2. The standard InChI is InChI=1S/C15H17BrO/c1-11-6-3-4-7-13(11)14-8-5-9-15(16,10-17)12(14)2/h3-9,12,17H,10H2,1-2H3. The van der Waals surface area contributed by atoms with Gasteiger partial charge >= 0.3 is 0 Å². The Bertz CT molecular complexity index is 476. The first-order valence-electron chi connectivity index (χ1n) is 5.83. The number of hydrogen-bond acceptors (Lipinski definition) is 1. The molecule has 1 nitrogen and oxygen atoms in total. The zero-order chi connectivity index (χ0) is 12.5. The van der Waals surface area contributed by atoms with Crippen LogP contribution >= 0.6 is 15.9 Å². The van der Waals surface area contributed by atoms with Gasteiger partial charge in [-0.1, -0.05) is 65.3 Å². The number of aliphatic hydroxyl groups excluding tert-OH is 1. The summed E-state index contributed by atoms with van der Waals surface area (Å²) in [6, 6.07) is 8.37. The van der Waals surface area contributed by atoms with Crippen molar-refractivity contribution in [2.24, 2.45) is 5.92 Å². The smallest absolute Gasteiger partial charge is 0.0736 e. The van der Waals surface area contributed by atoms with E-state index in [9.17, 15) is 5.11 Å². The van der Waals surface area contributed by atoms with Gasteiger partial charge in [-0.05, 0) is 23.6 Å². The minimum absolute atomic E-state index is 0.105. The van der Waals surface area contributed by atoms with Gasteiger partial charge in [0.2, 0.25) is 0 Å². The van der Waals surface area contributed by atoms with Crippen molar-refractivity contribution in [1.82, 2.24) is 0 Å². The van der Waals surface area contributed by atoms with Gasteiger partial charge in [0.1, 0.15) is 0 Å². The largest absolute Gasteiger partial charge is 0.395 e. The van der Waals surface area contributed by atoms with Crippen LogP contribution in [0, 0.1) is 12.8 Å². The van der Waals surface area contributed by atoms with Crippen LogP contribution in [0.15, 0.2) is 42.5 Å². The Balaban J connectivity index is 2.44. The predicted molar refractivity (Wildman–Crippen MR) is 76.2 cm³/mol. The normalized spacial score (nSPS) is 28.0. The molecule has 90 valence electrons. The average molecular weight is 293 g/mol. The molecule has 2 rings (SSSR count). The Labute approximate surface area is 111 Å². The summed E-state index contributed by atoms with van der Waals surface area (Å²) in [5.74, 6) is 0.249. The lowest BCUT2D eigenvalue weighted by atomic mass is 9.79. The van der Waals surface area contributed by atoms with Crippen molar-refractivity contribution in [2.75, 3.05) is 6.61 Å². The van der Waals surface area contributed by atoms with Crippen LogP contribution < -0.4 is 0 Å². The van der Waals surface area contributed by atoms with Crippen LogP contribution in [0.25, 0.3) is 5.57 Å². The second-order valence-electron chi connectivity index (χ2n) is 4.60. The maximum absolute atomic E-state index is 9.53. The lowest BCUT2D eigenvalue weighted by molar-refractivity contribution is 0.254. The summed E-state index contributed by atoms with van der Waals surface area (Å²) in [7, 11) is 0. The molecule has 2 unspecified atom stereocenters. The molecule has 0 amide bonds. The average Bonchev–Trinajstić information content (AvgIpc) is 2.34. The van der Waals surface area contributed by atoms with E-state index in [4.69, 9.17) is 0 Å². The topological polar surface area (TPSA) is 20.2 Å². The molecule has 0 aromatic heterocycles. The van der Waals surface area contributed by atoms with Crippen LogP contribution in [0.3, 0.4) is 0 Å². The van der Waals surface area contributed by atoms with Crippen molar-refractivity contribution < 1.29 is 5.11 Å². The number of hydrogen-bond donors (Lipinski definition) is 1. The van der Waals surface area contributed by atoms with Crippen LogP contribution in [0.2, 0.25) is 0 Å². The molecule has 1 N–H and O–H groups in total. The Morgan fingerprint density at radius 1 is 1.35 bits per heavy atom. The number of aliphatic hydroxyl groups is 1. The summed E-state index contributed by atoms with van der Waals surface area (Å²) in [6.45, 7) is 4.37. The minimum atomic E-state index is -0.334. The zero-order valence-electron chi connectivity index (χ0n) is 10.2. The van der Waals surface area contributed by atoms with Gasteiger partial charge in [-0.2, -0.15) is 0 Å². The first-order valence-corrected chi connectivity index (χ1v) is 6.63. The molecular weight excluding hydrogens is 276 g/mol. The van der Waals surface area contributed by atoms with Crippen molar-refractivity contribution in [1.29, 1.82) is 0 Å². The quantitative estimate of drug-likeness (QED) is 0.824. The summed E-state index contributed by atoms with van der Waals surface area (Å²) in [6.07, 6.45) is 6.19. The third-order valence-corrected chi connectivity index (χ3v) is 4.74. The first-order chi connectivity index (χ1) is 8.08. The molecule has 0 saturated carbocycles. The number of halogens is 1. The van der Waals surface area contributed by atoms with Crippen molar-refractivity contribution >= 4 is 21.5 Å². The highest BCUT2D eigenvalue weighted by molar-refractivity contribution is 9.10. The Morgan fingerprint density at radius 2 is 2.06 bits per heavy atom. The molecule has 1 aliphatic rings. The van der Waals surface area contributed by atoms with Gasteiger partial charge in [0.25, 0.3) is 0 Å². The molecule has 1 aromatic rings. The number of allylic oxidation sites excluding steroid dienone is 3. The van der Waals surface area contributed by atoms with Crippen molar-refractivity contribution in [2.45, 2.75) is 18.2 Å². The molecule has 0 radical (unpaired) electrons. The van der Waals surface area contributed by atoms with Gasteiger partial charge in [0.15, 0.2) is 0 Å². The fourth-order valence-corrected chi connectivity index (χ4v) is 2.67. The maximum Gasteiger partial charge on any atom is 0.0736 e. The van der Waals surface area contributed by atoms with Crippen LogP contribution in [0.5, 0.6) is 0 Å². The Hall–Kier alpha value is -0.860. The van der Waals surface area contributed by atoms with E-state index in [-0.39, 0.29) is 16.8 Å². The Morgan fingerprint density at radius 3 is 2.71 bits per heavy atom. The number of benzene rings is 1. The third kappa shape index (κ3) is 2.24. The molecule has 0 aliphatic heterocycles. The van der Waals surface area contributed by atoms with Crippen molar-refractivity contribution in [3.63, 3.8) is 0 Å². The summed E-state index contributed by atoms with van der Waals surface area (Å²) in [4.78, 5) is 0. The van der Waals surface area contributed by atoms with E-state index in [0.29, 0.717) is 0 Å². The SMILES string of the molecule is Cc1ccccc1C1=CC=CC(Br)(CO)C1C. The highest BCUT2D eigenvalue weighted by atomic mass is 79.9. The molecule has 0 saturated heterocycles. The monoisotopic (exact) mass is 292 g/mol. The molecular formula is C15H17BrO. The summed E-state index contributed by atoms with van der Waals surface area (Å²) in [5, 5.41) is 9.53. The van der Waals surface area contributed by atoms with E-state index in [2.05, 4.69) is 60.1 Å². The molecule has 17 heavy (non-hydrogen) atoms. The highest BCUT2D eigenvalue weighted by Crippen LogP contribution is 2.41. The van der Waals surface area contributed by atoms with Crippen LogP contribution in [0.1, 0.15) is 18.1 Å². The summed E-state index contributed by atoms with van der Waals surface area (Å²) >= 11 is 3.64. The van der Waals surface area contributed by atoms with E-state index >= 15 is 0 Å². The van der Waals surface area contributed by atoms with Crippen LogP contribution in [-0.4, -0.2) is 16.0 Å². The summed E-state index contributed by atoms with van der Waals surface area (Å²) in [5.41, 5.74) is 3.81. The first kappa shape index (κ1) is 12.6.